The van der Waals surface area contributed by atoms with E-state index in [0.29, 0.717) is 36.8 Å². The second-order valence-corrected chi connectivity index (χ2v) is 8.55. The Kier molecular flexibility index (Phi) is 6.12. The summed E-state index contributed by atoms with van der Waals surface area (Å²) in [7, 11) is 0. The molecule has 2 amide bonds. The maximum absolute atomic E-state index is 12.8. The maximum atomic E-state index is 12.8. The molecule has 154 valence electrons. The number of carbonyl (C=O) groups excluding carboxylic acids is 2. The number of benzene rings is 1. The van der Waals surface area contributed by atoms with Crippen molar-refractivity contribution in [3.63, 3.8) is 0 Å². The summed E-state index contributed by atoms with van der Waals surface area (Å²) >= 11 is 0. The number of hydrogen-bond acceptors (Lipinski definition) is 4. The molecular formula is C22H28N4O3. The van der Waals surface area contributed by atoms with Gasteiger partial charge >= 0.3 is 6.09 Å². The summed E-state index contributed by atoms with van der Waals surface area (Å²) in [5.74, 6) is 0.472. The third kappa shape index (κ3) is 5.50. The smallest absolute Gasteiger partial charge is 0.407 e. The molecule has 29 heavy (non-hydrogen) atoms. The van der Waals surface area contributed by atoms with E-state index >= 15 is 0 Å². The van der Waals surface area contributed by atoms with Crippen molar-refractivity contribution in [2.24, 2.45) is 5.92 Å². The van der Waals surface area contributed by atoms with E-state index in [1.807, 2.05) is 37.8 Å². The van der Waals surface area contributed by atoms with Crippen LogP contribution in [0.15, 0.2) is 24.3 Å². The molecule has 0 atom stereocenters. The molecule has 1 fully saturated rings. The predicted molar refractivity (Wildman–Crippen MR) is 110 cm³/mol. The van der Waals surface area contributed by atoms with Crippen LogP contribution in [0.2, 0.25) is 0 Å². The number of likely N-dealkylation sites (tertiary alicyclic amines) is 1. The van der Waals surface area contributed by atoms with Crippen molar-refractivity contribution in [2.45, 2.75) is 45.6 Å². The molecule has 0 saturated carbocycles. The summed E-state index contributed by atoms with van der Waals surface area (Å²) in [5, 5.41) is 12.7. The molecule has 0 bridgehead atoms. The number of alkyl carbamates (subject to hydrolysis) is 1. The average Bonchev–Trinajstić information content (AvgIpc) is 3.09. The van der Waals surface area contributed by atoms with E-state index in [1.165, 1.54) is 0 Å². The Hall–Kier alpha value is -3.01. The van der Waals surface area contributed by atoms with Crippen LogP contribution in [0.1, 0.15) is 56.1 Å². The number of nitrogens with one attached hydrogen (secondary N) is 2. The van der Waals surface area contributed by atoms with Crippen molar-refractivity contribution in [2.75, 3.05) is 19.6 Å². The van der Waals surface area contributed by atoms with Crippen molar-refractivity contribution in [1.29, 1.82) is 5.26 Å². The van der Waals surface area contributed by atoms with Gasteiger partial charge in [-0.3, -0.25) is 4.79 Å². The van der Waals surface area contributed by atoms with Crippen LogP contribution >= 0.6 is 0 Å². The zero-order chi connectivity index (χ0) is 21.0. The van der Waals surface area contributed by atoms with E-state index in [9.17, 15) is 9.59 Å². The summed E-state index contributed by atoms with van der Waals surface area (Å²) in [6.45, 7) is 7.51. The number of aromatic nitrogens is 1. The number of aromatic amines is 1. The van der Waals surface area contributed by atoms with E-state index in [4.69, 9.17) is 10.00 Å². The summed E-state index contributed by atoms with van der Waals surface area (Å²) in [6, 6.07) is 9.32. The number of H-pyrrole nitrogens is 1. The Morgan fingerprint density at radius 3 is 2.66 bits per heavy atom. The second-order valence-electron chi connectivity index (χ2n) is 8.55. The van der Waals surface area contributed by atoms with Crippen molar-refractivity contribution in [1.82, 2.24) is 15.2 Å². The van der Waals surface area contributed by atoms with Crippen LogP contribution in [0.5, 0.6) is 0 Å². The van der Waals surface area contributed by atoms with Gasteiger partial charge in [0.1, 0.15) is 11.3 Å². The van der Waals surface area contributed by atoms with Gasteiger partial charge in [-0.1, -0.05) is 6.07 Å². The molecule has 1 saturated heterocycles. The number of amides is 2. The fraction of sp³-hybridized carbons (Fsp3) is 0.500. The Morgan fingerprint density at radius 1 is 1.28 bits per heavy atom. The quantitative estimate of drug-likeness (QED) is 0.821. The van der Waals surface area contributed by atoms with Gasteiger partial charge in [0.15, 0.2) is 0 Å². The van der Waals surface area contributed by atoms with E-state index < -0.39 is 5.60 Å². The SMILES string of the molecule is CC(C)(C)OC(=O)NCCC1CCN(C(=O)c2cc3ccc(C#N)cc3[nH]2)CC1. The van der Waals surface area contributed by atoms with Crippen LogP contribution in [-0.4, -0.2) is 47.1 Å². The molecule has 3 rings (SSSR count). The lowest BCUT2D eigenvalue weighted by Crippen LogP contribution is -2.39. The molecule has 0 spiro atoms. The molecule has 2 heterocycles. The molecule has 1 aliphatic heterocycles. The van der Waals surface area contributed by atoms with Crippen LogP contribution in [0.25, 0.3) is 10.9 Å². The number of nitriles is 1. The third-order valence-corrected chi connectivity index (χ3v) is 5.10. The van der Waals surface area contributed by atoms with Gasteiger partial charge in [0.05, 0.1) is 11.6 Å². The highest BCUT2D eigenvalue weighted by Crippen LogP contribution is 2.23. The Labute approximate surface area is 171 Å². The molecule has 7 nitrogen and oxygen atoms in total. The summed E-state index contributed by atoms with van der Waals surface area (Å²) in [5.41, 5.74) is 1.43. The number of rotatable bonds is 4. The first-order chi connectivity index (χ1) is 13.7. The number of carbonyl (C=O) groups is 2. The molecule has 2 aromatic rings. The Morgan fingerprint density at radius 2 is 2.00 bits per heavy atom. The number of ether oxygens (including phenoxy) is 1. The number of hydrogen-bond donors (Lipinski definition) is 2. The Bertz CT molecular complexity index is 928. The first-order valence-electron chi connectivity index (χ1n) is 10.0. The van der Waals surface area contributed by atoms with Crippen LogP contribution in [0.3, 0.4) is 0 Å². The molecule has 0 aliphatic carbocycles. The second kappa shape index (κ2) is 8.56. The Balaban J connectivity index is 1.47. The third-order valence-electron chi connectivity index (χ3n) is 5.10. The first kappa shape index (κ1) is 20.7. The topological polar surface area (TPSA) is 98.2 Å². The molecule has 1 aromatic heterocycles. The van der Waals surface area contributed by atoms with Crippen LogP contribution in [0, 0.1) is 17.2 Å². The number of piperidine rings is 1. The van der Waals surface area contributed by atoms with Crippen LogP contribution < -0.4 is 5.32 Å². The van der Waals surface area contributed by atoms with Gasteiger partial charge in [-0.2, -0.15) is 5.26 Å². The van der Waals surface area contributed by atoms with Crippen molar-refractivity contribution < 1.29 is 14.3 Å². The maximum Gasteiger partial charge on any atom is 0.407 e. The summed E-state index contributed by atoms with van der Waals surface area (Å²) in [6.07, 6.45) is 2.33. The first-order valence-corrected chi connectivity index (χ1v) is 10.0. The minimum Gasteiger partial charge on any atom is -0.444 e. The van der Waals surface area contributed by atoms with Gasteiger partial charge in [0, 0.05) is 30.5 Å². The lowest BCUT2D eigenvalue weighted by molar-refractivity contribution is 0.0522. The molecule has 0 radical (unpaired) electrons. The predicted octanol–water partition coefficient (Wildman–Crippen LogP) is 3.81. The van der Waals surface area contributed by atoms with E-state index in [1.54, 1.807) is 12.1 Å². The van der Waals surface area contributed by atoms with E-state index in [2.05, 4.69) is 16.4 Å². The lowest BCUT2D eigenvalue weighted by atomic mass is 9.93. The minimum atomic E-state index is -0.491. The standard InChI is InChI=1S/C22H28N4O3/c1-22(2,3)29-21(28)24-9-6-15-7-10-26(11-8-15)20(27)19-13-17-5-4-16(14-23)12-18(17)25-19/h4-5,12-13,15,25H,6-11H2,1-3H3,(H,24,28). The largest absolute Gasteiger partial charge is 0.444 e. The van der Waals surface area contributed by atoms with Gasteiger partial charge in [0.2, 0.25) is 0 Å². The molecular weight excluding hydrogens is 368 g/mol. The highest BCUT2D eigenvalue weighted by atomic mass is 16.6. The van der Waals surface area contributed by atoms with Crippen molar-refractivity contribution >= 4 is 22.9 Å². The van der Waals surface area contributed by atoms with Crippen LogP contribution in [0.4, 0.5) is 4.79 Å². The van der Waals surface area contributed by atoms with Crippen molar-refractivity contribution in [3.8, 4) is 6.07 Å². The minimum absolute atomic E-state index is 0.00922. The highest BCUT2D eigenvalue weighted by molar-refractivity contribution is 5.98. The van der Waals surface area contributed by atoms with Gasteiger partial charge in [-0.15, -0.1) is 0 Å². The highest BCUT2D eigenvalue weighted by Gasteiger charge is 2.25. The molecule has 7 heteroatoms. The fourth-order valence-electron chi connectivity index (χ4n) is 3.60. The zero-order valence-electron chi connectivity index (χ0n) is 17.2. The number of nitrogens with zero attached hydrogens (tertiary/aromatic N) is 2. The summed E-state index contributed by atoms with van der Waals surface area (Å²) in [4.78, 5) is 29.5. The molecule has 2 N–H and O–H groups in total. The van der Waals surface area contributed by atoms with E-state index in [0.717, 1.165) is 30.2 Å². The molecule has 1 aromatic carbocycles. The van der Waals surface area contributed by atoms with Gasteiger partial charge in [-0.25, -0.2) is 4.79 Å². The summed E-state index contributed by atoms with van der Waals surface area (Å²) < 4.78 is 5.24. The average molecular weight is 396 g/mol. The molecule has 1 aliphatic rings. The van der Waals surface area contributed by atoms with Gasteiger partial charge < -0.3 is 19.9 Å². The monoisotopic (exact) mass is 396 g/mol. The van der Waals surface area contributed by atoms with Gasteiger partial charge in [-0.05, 0) is 64.2 Å². The van der Waals surface area contributed by atoms with Crippen LogP contribution in [-0.2, 0) is 4.74 Å². The normalized spacial score (nSPS) is 15.2. The fourth-order valence-corrected chi connectivity index (χ4v) is 3.60. The number of fused-ring (bicyclic) bond motifs is 1. The lowest BCUT2D eigenvalue weighted by Gasteiger charge is -2.31. The zero-order valence-corrected chi connectivity index (χ0v) is 17.2. The van der Waals surface area contributed by atoms with Gasteiger partial charge in [0.25, 0.3) is 5.91 Å². The molecule has 0 unspecified atom stereocenters. The van der Waals surface area contributed by atoms with Crippen molar-refractivity contribution in [3.05, 3.63) is 35.5 Å². The van der Waals surface area contributed by atoms with E-state index in [-0.39, 0.29) is 12.0 Å².